The first-order valence-electron chi connectivity index (χ1n) is 13.7. The molecule has 10 heteroatoms. The zero-order chi connectivity index (χ0) is 25.7. The SMILES string of the molecule is CC12CCN(CC1)c1cc(NSC3CC3)ccc1-c1nnc(o1)-c1ccnc(c1)N1CCC(C1)C(=O)NC2. The number of rotatable bonds is 3. The summed E-state index contributed by atoms with van der Waals surface area (Å²) in [5, 5.41) is 12.9. The van der Waals surface area contributed by atoms with Gasteiger partial charge in [0, 0.05) is 55.4 Å². The maximum Gasteiger partial charge on any atom is 0.250 e. The van der Waals surface area contributed by atoms with Crippen LogP contribution in [-0.2, 0) is 4.79 Å². The molecule has 6 heterocycles. The average molecular weight is 532 g/mol. The van der Waals surface area contributed by atoms with Crippen molar-refractivity contribution in [3.05, 3.63) is 36.5 Å². The molecule has 1 saturated carbocycles. The van der Waals surface area contributed by atoms with Gasteiger partial charge in [-0.25, -0.2) is 4.98 Å². The Labute approximate surface area is 226 Å². The lowest BCUT2D eigenvalue weighted by Gasteiger charge is -2.41. The van der Waals surface area contributed by atoms with Crippen LogP contribution in [0.4, 0.5) is 17.2 Å². The second-order valence-corrected chi connectivity index (χ2v) is 12.5. The Balaban J connectivity index is 1.27. The van der Waals surface area contributed by atoms with Crippen molar-refractivity contribution in [2.45, 2.75) is 44.3 Å². The Hall–Kier alpha value is -3.27. The molecule has 1 atom stereocenters. The Morgan fingerprint density at radius 3 is 2.74 bits per heavy atom. The standard InChI is InChI=1S/C28H33N7O2S/c1-28-8-12-34(13-9-28)23-15-20(33-38-21-3-4-21)2-5-22(23)27-32-31-26(37-27)18-6-10-29-24(14-18)35-11-7-19(16-35)25(36)30-17-28/h2,5-6,10,14-15,19,21,33H,3-4,7-9,11-13,16-17H2,1H3,(H,30,36). The van der Waals surface area contributed by atoms with E-state index in [1.807, 2.05) is 24.1 Å². The van der Waals surface area contributed by atoms with Crippen LogP contribution in [0.5, 0.6) is 0 Å². The van der Waals surface area contributed by atoms with Gasteiger partial charge in [-0.3, -0.25) is 4.79 Å². The lowest BCUT2D eigenvalue weighted by molar-refractivity contribution is -0.124. The van der Waals surface area contributed by atoms with E-state index in [4.69, 9.17) is 4.42 Å². The van der Waals surface area contributed by atoms with Crippen LogP contribution < -0.4 is 19.8 Å². The number of hydrogen-bond acceptors (Lipinski definition) is 9. The third-order valence-electron chi connectivity index (χ3n) is 8.40. The number of fused-ring (bicyclic) bond motifs is 4. The number of pyridine rings is 1. The van der Waals surface area contributed by atoms with Crippen molar-refractivity contribution >= 4 is 35.0 Å². The Morgan fingerprint density at radius 1 is 1.05 bits per heavy atom. The molecule has 8 rings (SSSR count). The molecule has 4 aliphatic heterocycles. The molecule has 9 nitrogen and oxygen atoms in total. The Morgan fingerprint density at radius 2 is 1.89 bits per heavy atom. The second kappa shape index (κ2) is 9.48. The summed E-state index contributed by atoms with van der Waals surface area (Å²) in [7, 11) is 0. The number of aromatic nitrogens is 3. The van der Waals surface area contributed by atoms with Crippen molar-refractivity contribution in [1.82, 2.24) is 20.5 Å². The quantitative estimate of drug-likeness (QED) is 0.470. The van der Waals surface area contributed by atoms with Crippen LogP contribution in [0.25, 0.3) is 22.9 Å². The highest BCUT2D eigenvalue weighted by atomic mass is 32.2. The fourth-order valence-electron chi connectivity index (χ4n) is 5.64. The van der Waals surface area contributed by atoms with E-state index in [-0.39, 0.29) is 17.2 Å². The molecule has 2 N–H and O–H groups in total. The molecule has 0 spiro atoms. The minimum Gasteiger partial charge on any atom is -0.416 e. The second-order valence-electron chi connectivity index (χ2n) is 11.4. The largest absolute Gasteiger partial charge is 0.416 e. The van der Waals surface area contributed by atoms with Crippen molar-refractivity contribution in [2.75, 3.05) is 47.2 Å². The highest BCUT2D eigenvalue weighted by Crippen LogP contribution is 2.41. The molecular weight excluding hydrogens is 498 g/mol. The monoisotopic (exact) mass is 531 g/mol. The molecule has 1 unspecified atom stereocenters. The zero-order valence-electron chi connectivity index (χ0n) is 21.7. The van der Waals surface area contributed by atoms with Crippen LogP contribution in [0.1, 0.15) is 39.0 Å². The number of nitrogens with zero attached hydrogens (tertiary/aromatic N) is 5. The van der Waals surface area contributed by atoms with Crippen LogP contribution in [0.2, 0.25) is 0 Å². The average Bonchev–Trinajstić information content (AvgIpc) is 3.42. The van der Waals surface area contributed by atoms with E-state index in [0.29, 0.717) is 30.1 Å². The van der Waals surface area contributed by atoms with Crippen LogP contribution >= 0.6 is 11.9 Å². The third-order valence-corrected chi connectivity index (χ3v) is 9.56. The van der Waals surface area contributed by atoms with Crippen LogP contribution in [-0.4, -0.2) is 59.1 Å². The molecule has 2 saturated heterocycles. The van der Waals surface area contributed by atoms with Crippen molar-refractivity contribution in [1.29, 1.82) is 0 Å². The summed E-state index contributed by atoms with van der Waals surface area (Å²) in [5.41, 5.74) is 4.04. The van der Waals surface area contributed by atoms with Crippen molar-refractivity contribution in [3.63, 3.8) is 0 Å². The number of anilines is 3. The molecule has 38 heavy (non-hydrogen) atoms. The fraction of sp³-hybridized carbons (Fsp3) is 0.500. The Bertz CT molecular complexity index is 1350. The number of amides is 1. The fourth-order valence-corrected chi connectivity index (χ4v) is 6.44. The summed E-state index contributed by atoms with van der Waals surface area (Å²) in [6, 6.07) is 10.3. The van der Waals surface area contributed by atoms with E-state index in [2.05, 4.69) is 60.1 Å². The molecule has 1 aromatic carbocycles. The summed E-state index contributed by atoms with van der Waals surface area (Å²) >= 11 is 1.81. The molecule has 0 radical (unpaired) electrons. The lowest BCUT2D eigenvalue weighted by atomic mass is 9.80. The Kier molecular flexibility index (Phi) is 5.94. The normalized spacial score (nSPS) is 25.0. The van der Waals surface area contributed by atoms with Crippen LogP contribution in [0.15, 0.2) is 40.9 Å². The van der Waals surface area contributed by atoms with E-state index < -0.39 is 0 Å². The topological polar surface area (TPSA) is 99.4 Å². The van der Waals surface area contributed by atoms with Gasteiger partial charge in [0.2, 0.25) is 17.7 Å². The molecule has 8 bridgehead atoms. The summed E-state index contributed by atoms with van der Waals surface area (Å²) in [5.74, 6) is 1.97. The molecule has 3 aromatic rings. The molecule has 198 valence electrons. The van der Waals surface area contributed by atoms with Gasteiger partial charge >= 0.3 is 0 Å². The number of nitrogens with one attached hydrogen (secondary N) is 2. The minimum absolute atomic E-state index is 0.0238. The zero-order valence-corrected chi connectivity index (χ0v) is 22.5. The number of piperidine rings is 1. The first-order chi connectivity index (χ1) is 18.5. The van der Waals surface area contributed by atoms with Gasteiger partial charge in [0.15, 0.2) is 0 Å². The lowest BCUT2D eigenvalue weighted by Crippen LogP contribution is -2.46. The molecule has 5 aliphatic rings. The van der Waals surface area contributed by atoms with E-state index in [9.17, 15) is 4.79 Å². The summed E-state index contributed by atoms with van der Waals surface area (Å²) in [4.78, 5) is 22.3. The summed E-state index contributed by atoms with van der Waals surface area (Å²) < 4.78 is 9.82. The third kappa shape index (κ3) is 4.70. The van der Waals surface area contributed by atoms with Crippen LogP contribution in [0.3, 0.4) is 0 Å². The highest BCUT2D eigenvalue weighted by Gasteiger charge is 2.35. The molecular formula is C28H33N7O2S. The van der Waals surface area contributed by atoms with Crippen molar-refractivity contribution in [3.8, 4) is 22.9 Å². The van der Waals surface area contributed by atoms with Crippen molar-refractivity contribution < 1.29 is 9.21 Å². The number of hydrogen-bond donors (Lipinski definition) is 2. The van der Waals surface area contributed by atoms with Gasteiger partial charge < -0.3 is 24.3 Å². The first-order valence-corrected chi connectivity index (χ1v) is 14.5. The smallest absolute Gasteiger partial charge is 0.250 e. The van der Waals surface area contributed by atoms with Gasteiger partial charge in [-0.1, -0.05) is 6.92 Å². The van der Waals surface area contributed by atoms with Gasteiger partial charge in [0.1, 0.15) is 5.82 Å². The van der Waals surface area contributed by atoms with Gasteiger partial charge in [-0.15, -0.1) is 10.2 Å². The summed E-state index contributed by atoms with van der Waals surface area (Å²) in [6.07, 6.45) is 7.17. The highest BCUT2D eigenvalue weighted by molar-refractivity contribution is 8.01. The molecule has 1 aliphatic carbocycles. The molecule has 2 aromatic heterocycles. The van der Waals surface area contributed by atoms with Gasteiger partial charge in [0.25, 0.3) is 0 Å². The van der Waals surface area contributed by atoms with E-state index in [0.717, 1.165) is 67.2 Å². The van der Waals surface area contributed by atoms with Crippen LogP contribution in [0, 0.1) is 11.3 Å². The number of carbonyl (C=O) groups is 1. The van der Waals surface area contributed by atoms with Gasteiger partial charge in [0.05, 0.1) is 17.2 Å². The predicted octanol–water partition coefficient (Wildman–Crippen LogP) is 4.58. The van der Waals surface area contributed by atoms with E-state index in [1.165, 1.54) is 12.8 Å². The first kappa shape index (κ1) is 23.8. The molecule has 3 fully saturated rings. The van der Waals surface area contributed by atoms with E-state index in [1.54, 1.807) is 6.20 Å². The minimum atomic E-state index is -0.0238. The molecule has 1 amide bonds. The maximum absolute atomic E-state index is 13.1. The number of benzene rings is 1. The summed E-state index contributed by atoms with van der Waals surface area (Å²) in [6.45, 7) is 6.30. The van der Waals surface area contributed by atoms with E-state index >= 15 is 0 Å². The predicted molar refractivity (Wildman–Crippen MR) is 150 cm³/mol. The maximum atomic E-state index is 13.1. The van der Waals surface area contributed by atoms with Crippen molar-refractivity contribution in [2.24, 2.45) is 11.3 Å². The van der Waals surface area contributed by atoms with Gasteiger partial charge in [-0.05, 0) is 79.8 Å². The van der Waals surface area contributed by atoms with Gasteiger partial charge in [-0.2, -0.15) is 0 Å². The number of carbonyl (C=O) groups excluding carboxylic acids is 1.